The molecule has 4 saturated heterocycles. The molecule has 0 radical (unpaired) electrons. The van der Waals surface area contributed by atoms with Gasteiger partial charge in [-0.15, -0.1) is 0 Å². The Morgan fingerprint density at radius 2 is 1.67 bits per heavy atom. The standard InChI is InChI=1S/C23H27F3N6O/c24-23(25,26)17-11-27-21(28-12-17)31-14-19-10-20(15-31)32(19)22(33)29-18-6-8-30(9-7-18)13-16-4-2-1-3-5-16/h1-5,11-12,18-20H,6-10,13-15H2,(H,29,33). The lowest BCUT2D eigenvalue weighted by Gasteiger charge is -2.56. The first-order chi connectivity index (χ1) is 15.9. The van der Waals surface area contributed by atoms with Crippen molar-refractivity contribution in [2.24, 2.45) is 0 Å². The molecule has 5 heterocycles. The highest BCUT2D eigenvalue weighted by molar-refractivity contribution is 5.77. The second kappa shape index (κ2) is 8.81. The summed E-state index contributed by atoms with van der Waals surface area (Å²) in [6, 6.07) is 10.6. The first-order valence-corrected chi connectivity index (χ1v) is 11.4. The number of alkyl halides is 3. The number of nitrogens with one attached hydrogen (secondary N) is 1. The van der Waals surface area contributed by atoms with Gasteiger partial charge < -0.3 is 15.1 Å². The zero-order valence-electron chi connectivity index (χ0n) is 18.2. The number of likely N-dealkylation sites (tertiary alicyclic amines) is 1. The number of piperidine rings is 2. The number of hydrogen-bond donors (Lipinski definition) is 1. The molecule has 4 aliphatic rings. The molecule has 1 aromatic heterocycles. The maximum Gasteiger partial charge on any atom is 0.419 e. The number of halogens is 3. The van der Waals surface area contributed by atoms with Crippen molar-refractivity contribution < 1.29 is 18.0 Å². The van der Waals surface area contributed by atoms with Crippen molar-refractivity contribution in [3.05, 3.63) is 53.9 Å². The van der Waals surface area contributed by atoms with Crippen molar-refractivity contribution in [2.45, 2.75) is 50.1 Å². The Hall–Kier alpha value is -2.88. The molecule has 1 aromatic carbocycles. The highest BCUT2D eigenvalue weighted by Gasteiger charge is 2.48. The molecule has 33 heavy (non-hydrogen) atoms. The SMILES string of the molecule is O=C(NC1CCN(Cc2ccccc2)CC1)N1C2CC1CN(c1ncc(C(F)(F)F)cn1)C2. The van der Waals surface area contributed by atoms with Crippen molar-refractivity contribution in [3.8, 4) is 0 Å². The summed E-state index contributed by atoms with van der Waals surface area (Å²) < 4.78 is 38.2. The molecule has 2 bridgehead atoms. The smallest absolute Gasteiger partial charge is 0.337 e. The normalized spacial score (nSPS) is 23.8. The Kier molecular flexibility index (Phi) is 5.86. The number of piperazine rings is 1. The van der Waals surface area contributed by atoms with Gasteiger partial charge in [0.25, 0.3) is 0 Å². The molecule has 2 amide bonds. The number of benzene rings is 1. The minimum atomic E-state index is -4.45. The van der Waals surface area contributed by atoms with Gasteiger partial charge in [-0.1, -0.05) is 30.3 Å². The predicted octanol–water partition coefficient (Wildman–Crippen LogP) is 3.13. The third kappa shape index (κ3) is 4.75. The lowest BCUT2D eigenvalue weighted by Crippen LogP contribution is -2.72. The minimum Gasteiger partial charge on any atom is -0.337 e. The molecule has 2 unspecified atom stereocenters. The average molecular weight is 461 g/mol. The third-order valence-corrected chi connectivity index (χ3v) is 6.84. The van der Waals surface area contributed by atoms with Crippen LogP contribution in [0.4, 0.5) is 23.9 Å². The number of carbonyl (C=O) groups excluding carboxylic acids is 1. The summed E-state index contributed by atoms with van der Waals surface area (Å²) in [6.45, 7) is 3.90. The Balaban J connectivity index is 1.10. The largest absolute Gasteiger partial charge is 0.419 e. The van der Waals surface area contributed by atoms with Gasteiger partial charge in [-0.2, -0.15) is 13.2 Å². The second-order valence-corrected chi connectivity index (χ2v) is 9.11. The number of rotatable bonds is 4. The van der Waals surface area contributed by atoms with Gasteiger partial charge in [-0.25, -0.2) is 14.8 Å². The van der Waals surface area contributed by atoms with Gasteiger partial charge >= 0.3 is 12.2 Å². The van der Waals surface area contributed by atoms with E-state index in [0.717, 1.165) is 51.3 Å². The van der Waals surface area contributed by atoms with Crippen molar-refractivity contribution in [1.82, 2.24) is 25.1 Å². The van der Waals surface area contributed by atoms with E-state index in [1.807, 2.05) is 15.9 Å². The summed E-state index contributed by atoms with van der Waals surface area (Å²) in [7, 11) is 0. The van der Waals surface area contributed by atoms with Crippen LogP contribution in [0.15, 0.2) is 42.7 Å². The summed E-state index contributed by atoms with van der Waals surface area (Å²) in [5.74, 6) is 0.281. The molecule has 1 N–H and O–H groups in total. The van der Waals surface area contributed by atoms with E-state index in [0.29, 0.717) is 13.1 Å². The van der Waals surface area contributed by atoms with E-state index in [1.165, 1.54) is 5.56 Å². The topological polar surface area (TPSA) is 64.6 Å². The zero-order chi connectivity index (χ0) is 23.0. The number of nitrogens with zero attached hydrogens (tertiary/aromatic N) is 5. The number of carbonyl (C=O) groups is 1. The molecular formula is C23H27F3N6O. The molecular weight excluding hydrogens is 433 g/mol. The van der Waals surface area contributed by atoms with Crippen molar-refractivity contribution in [3.63, 3.8) is 0 Å². The lowest BCUT2D eigenvalue weighted by molar-refractivity contribution is -0.138. The predicted molar refractivity (Wildman–Crippen MR) is 117 cm³/mol. The molecule has 2 aromatic rings. The minimum absolute atomic E-state index is 0.0350. The van der Waals surface area contributed by atoms with Crippen LogP contribution in [-0.2, 0) is 12.7 Å². The van der Waals surface area contributed by atoms with Crippen LogP contribution in [-0.4, -0.2) is 70.1 Å². The van der Waals surface area contributed by atoms with Crippen LogP contribution >= 0.6 is 0 Å². The van der Waals surface area contributed by atoms with Gasteiger partial charge in [0.05, 0.1) is 17.6 Å². The van der Waals surface area contributed by atoms with Gasteiger partial charge in [0.15, 0.2) is 0 Å². The monoisotopic (exact) mass is 460 g/mol. The van der Waals surface area contributed by atoms with Crippen molar-refractivity contribution >= 4 is 12.0 Å². The Morgan fingerprint density at radius 3 is 2.27 bits per heavy atom. The maximum absolute atomic E-state index is 12.9. The lowest BCUT2D eigenvalue weighted by atomic mass is 9.88. The van der Waals surface area contributed by atoms with E-state index in [-0.39, 0.29) is 30.1 Å². The van der Waals surface area contributed by atoms with E-state index in [1.54, 1.807) is 0 Å². The molecule has 0 aliphatic carbocycles. The summed E-state index contributed by atoms with van der Waals surface area (Å²) in [6.07, 6.45) is -0.0653. The van der Waals surface area contributed by atoms with Crippen molar-refractivity contribution in [1.29, 1.82) is 0 Å². The van der Waals surface area contributed by atoms with Crippen LogP contribution in [0.1, 0.15) is 30.4 Å². The molecule has 0 spiro atoms. The van der Waals surface area contributed by atoms with Crippen LogP contribution < -0.4 is 10.2 Å². The van der Waals surface area contributed by atoms with E-state index in [4.69, 9.17) is 0 Å². The van der Waals surface area contributed by atoms with E-state index in [2.05, 4.69) is 44.5 Å². The fourth-order valence-electron chi connectivity index (χ4n) is 5.06. The molecule has 6 rings (SSSR count). The van der Waals surface area contributed by atoms with Gasteiger partial charge in [-0.05, 0) is 24.8 Å². The number of urea groups is 1. The number of anilines is 1. The molecule has 0 saturated carbocycles. The molecule has 4 fully saturated rings. The highest BCUT2D eigenvalue weighted by atomic mass is 19.4. The average Bonchev–Trinajstić information content (AvgIpc) is 2.80. The van der Waals surface area contributed by atoms with E-state index >= 15 is 0 Å². The summed E-state index contributed by atoms with van der Waals surface area (Å²) in [4.78, 5) is 26.9. The Labute approximate surface area is 190 Å². The molecule has 4 aliphatic heterocycles. The van der Waals surface area contributed by atoms with Gasteiger partial charge in [0.1, 0.15) is 0 Å². The van der Waals surface area contributed by atoms with Gasteiger partial charge in [0.2, 0.25) is 5.95 Å². The van der Waals surface area contributed by atoms with Crippen LogP contribution in [0, 0.1) is 0 Å². The van der Waals surface area contributed by atoms with Gasteiger partial charge in [0, 0.05) is 51.2 Å². The van der Waals surface area contributed by atoms with Crippen LogP contribution in [0.3, 0.4) is 0 Å². The Morgan fingerprint density at radius 1 is 1.03 bits per heavy atom. The van der Waals surface area contributed by atoms with Crippen LogP contribution in [0.5, 0.6) is 0 Å². The number of aromatic nitrogens is 2. The third-order valence-electron chi connectivity index (χ3n) is 6.84. The molecule has 176 valence electrons. The second-order valence-electron chi connectivity index (χ2n) is 9.11. The molecule has 2 atom stereocenters. The summed E-state index contributed by atoms with van der Waals surface area (Å²) in [5, 5.41) is 3.20. The quantitative estimate of drug-likeness (QED) is 0.760. The maximum atomic E-state index is 12.9. The molecule has 10 heteroatoms. The summed E-state index contributed by atoms with van der Waals surface area (Å²) >= 11 is 0. The van der Waals surface area contributed by atoms with E-state index in [9.17, 15) is 18.0 Å². The first-order valence-electron chi connectivity index (χ1n) is 11.4. The zero-order valence-corrected chi connectivity index (χ0v) is 18.2. The number of amides is 2. The van der Waals surface area contributed by atoms with Crippen molar-refractivity contribution in [2.75, 3.05) is 31.1 Å². The van der Waals surface area contributed by atoms with Gasteiger partial charge in [-0.3, -0.25) is 4.90 Å². The number of hydrogen-bond acceptors (Lipinski definition) is 5. The van der Waals surface area contributed by atoms with Crippen LogP contribution in [0.25, 0.3) is 0 Å². The molecule has 7 nitrogen and oxygen atoms in total. The summed E-state index contributed by atoms with van der Waals surface area (Å²) in [5.41, 5.74) is 0.444. The van der Waals surface area contributed by atoms with Crippen LogP contribution in [0.2, 0.25) is 0 Å². The Bertz CT molecular complexity index is 950. The number of fused-ring (bicyclic) bond motifs is 2. The van der Waals surface area contributed by atoms with E-state index < -0.39 is 11.7 Å². The highest BCUT2D eigenvalue weighted by Crippen LogP contribution is 2.34. The fourth-order valence-corrected chi connectivity index (χ4v) is 5.06. The fraction of sp³-hybridized carbons (Fsp3) is 0.522. The first kappa shape index (κ1) is 21.9.